The van der Waals surface area contributed by atoms with Gasteiger partial charge in [0.05, 0.1) is 6.54 Å². The smallest absolute Gasteiger partial charge is 0.273 e. The van der Waals surface area contributed by atoms with E-state index >= 15 is 0 Å². The van der Waals surface area contributed by atoms with Crippen molar-refractivity contribution in [2.45, 2.75) is 6.54 Å². The van der Waals surface area contributed by atoms with Crippen LogP contribution in [0.5, 0.6) is 11.5 Å². The molecule has 6 rings (SSSR count). The monoisotopic (exact) mass is 566 g/mol. The van der Waals surface area contributed by atoms with E-state index in [4.69, 9.17) is 9.47 Å². The summed E-state index contributed by atoms with van der Waals surface area (Å²) >= 11 is 1.33. The summed E-state index contributed by atoms with van der Waals surface area (Å²) in [5.41, 5.74) is 2.27. The number of thiazole rings is 1. The molecule has 1 N–H and O–H groups in total. The lowest BCUT2D eigenvalue weighted by molar-refractivity contribution is -0.134. The van der Waals surface area contributed by atoms with Crippen molar-refractivity contribution in [2.75, 3.05) is 71.0 Å². The molecule has 40 heavy (non-hydrogen) atoms. The van der Waals surface area contributed by atoms with E-state index in [2.05, 4.69) is 26.2 Å². The fourth-order valence-electron chi connectivity index (χ4n) is 5.10. The Morgan fingerprint density at radius 2 is 1.57 bits per heavy atom. The summed E-state index contributed by atoms with van der Waals surface area (Å²) < 4.78 is 24.0. The second kappa shape index (κ2) is 11.8. The third-order valence-electron chi connectivity index (χ3n) is 7.41. The van der Waals surface area contributed by atoms with Crippen molar-refractivity contribution in [3.05, 3.63) is 64.9 Å². The molecule has 0 spiro atoms. The zero-order valence-corrected chi connectivity index (χ0v) is 22.9. The van der Waals surface area contributed by atoms with Crippen LogP contribution >= 0.6 is 11.3 Å². The Hall–Kier alpha value is -3.74. The van der Waals surface area contributed by atoms with E-state index in [0.717, 1.165) is 31.1 Å². The van der Waals surface area contributed by atoms with Crippen LogP contribution in [-0.4, -0.2) is 102 Å². The number of amides is 2. The molecule has 3 aliphatic rings. The minimum absolute atomic E-state index is 0.118. The molecule has 2 amide bonds. The molecule has 0 saturated carbocycles. The lowest BCUT2D eigenvalue weighted by Crippen LogP contribution is -2.54. The van der Waals surface area contributed by atoms with Crippen LogP contribution in [-0.2, 0) is 11.3 Å². The molecule has 0 unspecified atom stereocenters. The number of anilines is 2. The first-order valence-electron chi connectivity index (χ1n) is 13.4. The van der Waals surface area contributed by atoms with E-state index in [1.807, 2.05) is 17.0 Å². The van der Waals surface area contributed by atoms with Gasteiger partial charge in [0, 0.05) is 70.0 Å². The number of carbonyl (C=O) groups excluding carboxylic acids is 2. The molecule has 4 heterocycles. The number of piperazine rings is 2. The summed E-state index contributed by atoms with van der Waals surface area (Å²) in [5, 5.41) is 5.41. The predicted molar refractivity (Wildman–Crippen MR) is 149 cm³/mol. The molecular weight excluding hydrogens is 535 g/mol. The van der Waals surface area contributed by atoms with Crippen LogP contribution in [0.25, 0.3) is 0 Å². The van der Waals surface area contributed by atoms with Gasteiger partial charge in [-0.2, -0.15) is 0 Å². The van der Waals surface area contributed by atoms with E-state index in [9.17, 15) is 14.0 Å². The normalized spacial score (nSPS) is 17.7. The molecule has 210 valence electrons. The zero-order valence-electron chi connectivity index (χ0n) is 22.1. The number of nitrogens with one attached hydrogen (secondary N) is 1. The number of hydrogen-bond donors (Lipinski definition) is 1. The maximum Gasteiger partial charge on any atom is 0.273 e. The Bertz CT molecular complexity index is 1350. The first kappa shape index (κ1) is 26.5. The van der Waals surface area contributed by atoms with Gasteiger partial charge in [0.2, 0.25) is 12.7 Å². The van der Waals surface area contributed by atoms with Crippen LogP contribution in [0.4, 0.5) is 15.2 Å². The second-order valence-electron chi connectivity index (χ2n) is 10.1. The summed E-state index contributed by atoms with van der Waals surface area (Å²) in [6, 6.07) is 12.0. The summed E-state index contributed by atoms with van der Waals surface area (Å²) in [5.74, 6) is 1.30. The molecule has 2 saturated heterocycles. The highest BCUT2D eigenvalue weighted by atomic mass is 32.1. The Morgan fingerprint density at radius 1 is 0.875 bits per heavy atom. The van der Waals surface area contributed by atoms with Crippen LogP contribution in [0.3, 0.4) is 0 Å². The fourth-order valence-corrected chi connectivity index (χ4v) is 5.81. The second-order valence-corrected chi connectivity index (χ2v) is 10.9. The van der Waals surface area contributed by atoms with Crippen LogP contribution in [0.15, 0.2) is 47.8 Å². The van der Waals surface area contributed by atoms with E-state index in [0.29, 0.717) is 62.3 Å². The lowest BCUT2D eigenvalue weighted by atomic mass is 10.1. The maximum atomic E-state index is 13.1. The SMILES string of the molecule is O=C(CN1CCN(C(=O)c2csc(Nc3ccc(F)cc3)n2)CC1)N1CCN(Cc2ccc3c(c2)OCO3)CC1. The predicted octanol–water partition coefficient (Wildman–Crippen LogP) is 2.86. The van der Waals surface area contributed by atoms with Crippen LogP contribution < -0.4 is 14.8 Å². The molecule has 3 aliphatic heterocycles. The Balaban J connectivity index is 0.924. The average Bonchev–Trinajstić information content (AvgIpc) is 3.64. The molecule has 0 bridgehead atoms. The topological polar surface area (TPSA) is 90.5 Å². The quantitative estimate of drug-likeness (QED) is 0.467. The molecule has 12 heteroatoms. The minimum Gasteiger partial charge on any atom is -0.454 e. The van der Waals surface area contributed by atoms with Gasteiger partial charge in [-0.3, -0.25) is 19.4 Å². The van der Waals surface area contributed by atoms with Crippen molar-refractivity contribution in [1.82, 2.24) is 24.6 Å². The minimum atomic E-state index is -0.308. The first-order chi connectivity index (χ1) is 19.5. The molecule has 0 atom stereocenters. The van der Waals surface area contributed by atoms with E-state index < -0.39 is 0 Å². The highest BCUT2D eigenvalue weighted by Crippen LogP contribution is 2.33. The van der Waals surface area contributed by atoms with Gasteiger partial charge >= 0.3 is 0 Å². The van der Waals surface area contributed by atoms with E-state index in [-0.39, 0.29) is 24.4 Å². The summed E-state index contributed by atoms with van der Waals surface area (Å²) in [7, 11) is 0. The number of carbonyl (C=O) groups is 2. The average molecular weight is 567 g/mol. The lowest BCUT2D eigenvalue weighted by Gasteiger charge is -2.38. The molecule has 0 radical (unpaired) electrons. The third kappa shape index (κ3) is 6.19. The molecule has 10 nitrogen and oxygen atoms in total. The first-order valence-corrected chi connectivity index (χ1v) is 14.3. The number of ether oxygens (including phenoxy) is 2. The van der Waals surface area contributed by atoms with E-state index in [1.165, 1.54) is 29.0 Å². The van der Waals surface area contributed by atoms with Crippen molar-refractivity contribution < 1.29 is 23.5 Å². The zero-order chi connectivity index (χ0) is 27.5. The van der Waals surface area contributed by atoms with Gasteiger partial charge in [-0.05, 0) is 42.0 Å². The largest absolute Gasteiger partial charge is 0.454 e. The van der Waals surface area contributed by atoms with Crippen LogP contribution in [0, 0.1) is 5.82 Å². The van der Waals surface area contributed by atoms with E-state index in [1.54, 1.807) is 22.4 Å². The number of aromatic nitrogens is 1. The van der Waals surface area contributed by atoms with Gasteiger partial charge in [-0.15, -0.1) is 11.3 Å². The van der Waals surface area contributed by atoms with Gasteiger partial charge in [0.25, 0.3) is 5.91 Å². The molecular formula is C28H31FN6O4S. The van der Waals surface area contributed by atoms with Crippen LogP contribution in [0.1, 0.15) is 16.1 Å². The van der Waals surface area contributed by atoms with Crippen molar-refractivity contribution in [3.63, 3.8) is 0 Å². The third-order valence-corrected chi connectivity index (χ3v) is 8.16. The van der Waals surface area contributed by atoms with Gasteiger partial charge in [0.1, 0.15) is 11.5 Å². The molecule has 0 aliphatic carbocycles. The van der Waals surface area contributed by atoms with Crippen molar-refractivity contribution in [1.29, 1.82) is 0 Å². The highest BCUT2D eigenvalue weighted by molar-refractivity contribution is 7.14. The number of halogens is 1. The molecule has 2 fully saturated rings. The Morgan fingerprint density at radius 3 is 2.35 bits per heavy atom. The summed E-state index contributed by atoms with van der Waals surface area (Å²) in [6.45, 7) is 6.92. The standard InChI is InChI=1S/C28H31FN6O4S/c29-21-2-4-22(5-3-21)30-28-31-23(18-40-28)27(37)35-13-9-33(10-14-35)17-26(36)34-11-7-32(8-12-34)16-20-1-6-24-25(15-20)39-19-38-24/h1-6,15,18H,7-14,16-17,19H2,(H,30,31). The summed E-state index contributed by atoms with van der Waals surface area (Å²) in [4.78, 5) is 38.6. The van der Waals surface area contributed by atoms with Gasteiger partial charge < -0.3 is 24.6 Å². The van der Waals surface area contributed by atoms with Crippen molar-refractivity contribution >= 4 is 34.0 Å². The number of hydrogen-bond acceptors (Lipinski definition) is 9. The van der Waals surface area contributed by atoms with Gasteiger partial charge in [-0.1, -0.05) is 6.07 Å². The molecule has 2 aromatic carbocycles. The highest BCUT2D eigenvalue weighted by Gasteiger charge is 2.27. The molecule has 1 aromatic heterocycles. The Labute approximate surface area is 235 Å². The molecule has 3 aromatic rings. The fraction of sp³-hybridized carbons (Fsp3) is 0.393. The van der Waals surface area contributed by atoms with Crippen LogP contribution in [0.2, 0.25) is 0 Å². The van der Waals surface area contributed by atoms with Gasteiger partial charge in [0.15, 0.2) is 16.6 Å². The summed E-state index contributed by atoms with van der Waals surface area (Å²) in [6.07, 6.45) is 0. The van der Waals surface area contributed by atoms with Crippen molar-refractivity contribution in [3.8, 4) is 11.5 Å². The number of benzene rings is 2. The number of rotatable bonds is 7. The number of nitrogens with zero attached hydrogens (tertiary/aromatic N) is 5. The van der Waals surface area contributed by atoms with Gasteiger partial charge in [-0.25, -0.2) is 9.37 Å². The Kier molecular flexibility index (Phi) is 7.80. The maximum absolute atomic E-state index is 13.1. The number of fused-ring (bicyclic) bond motifs is 1. The van der Waals surface area contributed by atoms with Crippen molar-refractivity contribution in [2.24, 2.45) is 0 Å².